The SMILES string of the molecule is CC1=C(C(=O)OC2CCCCC2)[C@H](c2coc3ccc(Cl)cc3c2=O)[C@@H]2C(=O)CC(C)(C)CC2=N1. The number of carbonyl (C=O) groups is 2. The largest absolute Gasteiger partial charge is 0.464 e. The summed E-state index contributed by atoms with van der Waals surface area (Å²) in [7, 11) is 0. The lowest BCUT2D eigenvalue weighted by Gasteiger charge is -2.40. The third kappa shape index (κ3) is 4.49. The number of hydrogen-bond donors (Lipinski definition) is 0. The monoisotopic (exact) mass is 495 g/mol. The summed E-state index contributed by atoms with van der Waals surface area (Å²) in [5.74, 6) is -2.02. The van der Waals surface area contributed by atoms with Crippen LogP contribution < -0.4 is 5.43 Å². The molecule has 1 aromatic heterocycles. The van der Waals surface area contributed by atoms with Gasteiger partial charge in [-0.2, -0.15) is 0 Å². The molecule has 0 N–H and O–H groups in total. The molecule has 0 spiro atoms. The minimum atomic E-state index is -0.804. The maximum atomic E-state index is 13.7. The van der Waals surface area contributed by atoms with Gasteiger partial charge in [0.2, 0.25) is 0 Å². The van der Waals surface area contributed by atoms with Crippen molar-refractivity contribution in [1.29, 1.82) is 0 Å². The average Bonchev–Trinajstić information content (AvgIpc) is 2.78. The molecule has 2 heterocycles. The van der Waals surface area contributed by atoms with Crippen molar-refractivity contribution in [3.05, 3.63) is 56.5 Å². The van der Waals surface area contributed by atoms with Crippen molar-refractivity contribution in [2.24, 2.45) is 16.3 Å². The van der Waals surface area contributed by atoms with Crippen molar-refractivity contribution in [3.63, 3.8) is 0 Å². The zero-order valence-electron chi connectivity index (χ0n) is 20.4. The van der Waals surface area contributed by atoms with E-state index in [0.29, 0.717) is 40.2 Å². The van der Waals surface area contributed by atoms with Crippen LogP contribution in [0.1, 0.15) is 77.2 Å². The fourth-order valence-electron chi connectivity index (χ4n) is 5.93. The zero-order chi connectivity index (χ0) is 24.9. The Morgan fingerprint density at radius 2 is 1.86 bits per heavy atom. The van der Waals surface area contributed by atoms with Crippen LogP contribution in [0, 0.1) is 11.3 Å². The van der Waals surface area contributed by atoms with E-state index in [4.69, 9.17) is 25.7 Å². The van der Waals surface area contributed by atoms with Gasteiger partial charge >= 0.3 is 5.97 Å². The summed E-state index contributed by atoms with van der Waals surface area (Å²) in [4.78, 5) is 45.6. The van der Waals surface area contributed by atoms with Crippen LogP contribution in [-0.4, -0.2) is 23.6 Å². The number of aliphatic imine (C=N–C) groups is 1. The van der Waals surface area contributed by atoms with Crippen LogP contribution in [0.2, 0.25) is 5.02 Å². The van der Waals surface area contributed by atoms with Crippen molar-refractivity contribution in [2.75, 3.05) is 0 Å². The Kier molecular flexibility index (Phi) is 6.20. The number of benzene rings is 1. The molecule has 6 nitrogen and oxygen atoms in total. The number of allylic oxidation sites excluding steroid dienone is 1. The Morgan fingerprint density at radius 3 is 2.60 bits per heavy atom. The molecule has 184 valence electrons. The van der Waals surface area contributed by atoms with Gasteiger partial charge in [-0.05, 0) is 62.6 Å². The number of fused-ring (bicyclic) bond motifs is 2. The Labute approximate surface area is 209 Å². The van der Waals surface area contributed by atoms with Crippen LogP contribution in [0.3, 0.4) is 0 Å². The first-order chi connectivity index (χ1) is 16.6. The number of ketones is 1. The minimum absolute atomic E-state index is 0.0222. The Balaban J connectivity index is 1.66. The number of ether oxygens (including phenoxy) is 1. The molecule has 2 aromatic rings. The van der Waals surface area contributed by atoms with Crippen LogP contribution in [-0.2, 0) is 14.3 Å². The molecule has 2 saturated carbocycles. The van der Waals surface area contributed by atoms with E-state index in [1.54, 1.807) is 25.1 Å². The van der Waals surface area contributed by atoms with Crippen molar-refractivity contribution in [3.8, 4) is 0 Å². The van der Waals surface area contributed by atoms with Gasteiger partial charge in [0.1, 0.15) is 17.5 Å². The van der Waals surface area contributed by atoms with Crippen molar-refractivity contribution in [1.82, 2.24) is 0 Å². The Bertz CT molecular complexity index is 1330. The summed E-state index contributed by atoms with van der Waals surface area (Å²) in [5.41, 5.74) is 1.63. The van der Waals surface area contributed by atoms with E-state index in [1.165, 1.54) is 6.26 Å². The summed E-state index contributed by atoms with van der Waals surface area (Å²) >= 11 is 6.17. The number of nitrogens with zero attached hydrogens (tertiary/aromatic N) is 1. The van der Waals surface area contributed by atoms with Gasteiger partial charge in [0.25, 0.3) is 0 Å². The Morgan fingerprint density at radius 1 is 1.11 bits per heavy atom. The highest BCUT2D eigenvalue weighted by Crippen LogP contribution is 2.46. The van der Waals surface area contributed by atoms with Crippen molar-refractivity contribution >= 4 is 40.0 Å². The van der Waals surface area contributed by atoms with Crippen LogP contribution >= 0.6 is 11.6 Å². The van der Waals surface area contributed by atoms with Gasteiger partial charge in [0.05, 0.1) is 23.1 Å². The molecule has 1 aromatic carbocycles. The second-order valence-electron chi connectivity index (χ2n) is 10.9. The van der Waals surface area contributed by atoms with Gasteiger partial charge in [-0.25, -0.2) is 4.79 Å². The van der Waals surface area contributed by atoms with Crippen molar-refractivity contribution in [2.45, 2.75) is 77.7 Å². The maximum Gasteiger partial charge on any atom is 0.336 e. The number of halogens is 1. The normalized spacial score (nSPS) is 24.8. The quantitative estimate of drug-likeness (QED) is 0.477. The van der Waals surface area contributed by atoms with Gasteiger partial charge in [0, 0.05) is 34.3 Å². The fourth-order valence-corrected chi connectivity index (χ4v) is 6.10. The average molecular weight is 496 g/mol. The molecule has 0 amide bonds. The van der Waals surface area contributed by atoms with Gasteiger partial charge in [0.15, 0.2) is 5.43 Å². The molecule has 0 saturated heterocycles. The summed E-state index contributed by atoms with van der Waals surface area (Å²) in [5, 5.41) is 0.729. The first kappa shape index (κ1) is 24.0. The number of esters is 1. The van der Waals surface area contributed by atoms with Crippen LogP contribution in [0.25, 0.3) is 11.0 Å². The lowest BCUT2D eigenvalue weighted by Crippen LogP contribution is -2.45. The van der Waals surface area contributed by atoms with Crippen LogP contribution in [0.5, 0.6) is 0 Å². The molecule has 0 unspecified atom stereocenters. The highest BCUT2D eigenvalue weighted by Gasteiger charge is 2.49. The first-order valence-corrected chi connectivity index (χ1v) is 12.8. The summed E-state index contributed by atoms with van der Waals surface area (Å²) < 4.78 is 11.7. The molecule has 0 bridgehead atoms. The van der Waals surface area contributed by atoms with E-state index in [-0.39, 0.29) is 33.9 Å². The Hall–Kier alpha value is -2.73. The van der Waals surface area contributed by atoms with Gasteiger partial charge in [-0.15, -0.1) is 0 Å². The van der Waals surface area contributed by atoms with Gasteiger partial charge in [-0.1, -0.05) is 31.9 Å². The summed E-state index contributed by atoms with van der Waals surface area (Å²) in [6.45, 7) is 5.84. The third-order valence-corrected chi connectivity index (χ3v) is 7.74. The topological polar surface area (TPSA) is 85.9 Å². The molecule has 2 atom stereocenters. The predicted molar refractivity (Wildman–Crippen MR) is 135 cm³/mol. The standard InChI is InChI=1S/C28H30ClNO5/c1-15-23(27(33)35-17-7-5-4-6-8-17)24(25-20(30-15)12-28(2,3)13-21(25)31)19-14-34-22-10-9-16(29)11-18(22)26(19)32/h9-11,14,17,24-25H,4-8,12-13H2,1-3H3/t24-,25-/m0/s1. The minimum Gasteiger partial charge on any atom is -0.464 e. The van der Waals surface area contributed by atoms with Gasteiger partial charge in [-0.3, -0.25) is 14.6 Å². The first-order valence-electron chi connectivity index (χ1n) is 12.4. The van der Waals surface area contributed by atoms with E-state index in [1.807, 2.05) is 13.8 Å². The van der Waals surface area contributed by atoms with E-state index in [9.17, 15) is 14.4 Å². The molecular formula is C28H30ClNO5. The molecule has 3 aliphatic rings. The molecule has 0 radical (unpaired) electrons. The van der Waals surface area contributed by atoms with E-state index >= 15 is 0 Å². The molecule has 2 fully saturated rings. The molecule has 7 heteroatoms. The number of carbonyl (C=O) groups excluding carboxylic acids is 2. The third-order valence-electron chi connectivity index (χ3n) is 7.51. The summed E-state index contributed by atoms with van der Waals surface area (Å²) in [6.07, 6.45) is 7.03. The predicted octanol–water partition coefficient (Wildman–Crippen LogP) is 6.14. The maximum absolute atomic E-state index is 13.7. The van der Waals surface area contributed by atoms with Crippen LogP contribution in [0.4, 0.5) is 0 Å². The lowest BCUT2D eigenvalue weighted by atomic mass is 9.63. The number of Topliss-reactive ketones (excluding diaryl/α,β-unsaturated/α-hetero) is 1. The second-order valence-corrected chi connectivity index (χ2v) is 11.3. The second kappa shape index (κ2) is 9.05. The molecule has 5 rings (SSSR count). The molecule has 1 aliphatic heterocycles. The number of hydrogen-bond acceptors (Lipinski definition) is 6. The smallest absolute Gasteiger partial charge is 0.336 e. The van der Waals surface area contributed by atoms with E-state index < -0.39 is 17.8 Å². The van der Waals surface area contributed by atoms with E-state index in [2.05, 4.69) is 0 Å². The van der Waals surface area contributed by atoms with Crippen molar-refractivity contribution < 1.29 is 18.7 Å². The zero-order valence-corrected chi connectivity index (χ0v) is 21.1. The highest BCUT2D eigenvalue weighted by atomic mass is 35.5. The highest BCUT2D eigenvalue weighted by molar-refractivity contribution is 6.31. The van der Waals surface area contributed by atoms with Crippen LogP contribution in [0.15, 0.2) is 49.9 Å². The fraction of sp³-hybridized carbons (Fsp3) is 0.500. The molecule has 2 aliphatic carbocycles. The van der Waals surface area contributed by atoms with E-state index in [0.717, 1.165) is 32.1 Å². The molecule has 35 heavy (non-hydrogen) atoms. The van der Waals surface area contributed by atoms with Gasteiger partial charge < -0.3 is 9.15 Å². The summed E-state index contributed by atoms with van der Waals surface area (Å²) in [6, 6.07) is 4.86. The number of rotatable bonds is 3. The lowest BCUT2D eigenvalue weighted by molar-refractivity contribution is -0.146. The molecular weight excluding hydrogens is 466 g/mol.